The molecule has 0 spiro atoms. The SMILES string of the molecule is [N-]=[N+]=Cc1cccc2c1Cc1ccccc1-2. The number of benzene rings is 2. The van der Waals surface area contributed by atoms with Crippen LogP contribution in [-0.4, -0.2) is 11.0 Å². The van der Waals surface area contributed by atoms with Gasteiger partial charge in [0.05, 0.1) is 5.56 Å². The Balaban J connectivity index is 2.27. The summed E-state index contributed by atoms with van der Waals surface area (Å²) in [5, 5.41) is 0. The summed E-state index contributed by atoms with van der Waals surface area (Å²) in [5.74, 6) is 0. The Labute approximate surface area is 93.8 Å². The molecule has 0 saturated carbocycles. The van der Waals surface area contributed by atoms with Crippen molar-refractivity contribution in [2.45, 2.75) is 6.42 Å². The Morgan fingerprint density at radius 2 is 1.81 bits per heavy atom. The van der Waals surface area contributed by atoms with Crippen molar-refractivity contribution in [2.75, 3.05) is 0 Å². The normalized spacial score (nSPS) is 11.5. The minimum atomic E-state index is 0.924. The van der Waals surface area contributed by atoms with E-state index in [2.05, 4.69) is 35.1 Å². The third kappa shape index (κ3) is 1.21. The van der Waals surface area contributed by atoms with Gasteiger partial charge in [-0.15, -0.1) is 0 Å². The van der Waals surface area contributed by atoms with Crippen LogP contribution in [0.1, 0.15) is 16.7 Å². The van der Waals surface area contributed by atoms with Crippen molar-refractivity contribution in [3.8, 4) is 11.1 Å². The molecule has 0 unspecified atom stereocenters. The quantitative estimate of drug-likeness (QED) is 0.333. The smallest absolute Gasteiger partial charge is 0.288 e. The van der Waals surface area contributed by atoms with E-state index in [-0.39, 0.29) is 0 Å². The van der Waals surface area contributed by atoms with Crippen molar-refractivity contribution < 1.29 is 4.79 Å². The van der Waals surface area contributed by atoms with Crippen LogP contribution in [0.25, 0.3) is 16.7 Å². The maximum absolute atomic E-state index is 8.64. The molecule has 0 fully saturated rings. The molecule has 2 heteroatoms. The van der Waals surface area contributed by atoms with E-state index in [1.165, 1.54) is 28.5 Å². The molecule has 3 rings (SSSR count). The molecule has 2 aromatic carbocycles. The Morgan fingerprint density at radius 1 is 1.00 bits per heavy atom. The molecule has 0 radical (unpaired) electrons. The van der Waals surface area contributed by atoms with E-state index in [1.54, 1.807) is 0 Å². The van der Waals surface area contributed by atoms with Gasteiger partial charge in [0.15, 0.2) is 0 Å². The summed E-state index contributed by atoms with van der Waals surface area (Å²) < 4.78 is 0. The van der Waals surface area contributed by atoms with Crippen LogP contribution in [0, 0.1) is 0 Å². The molecule has 0 amide bonds. The van der Waals surface area contributed by atoms with Crippen molar-refractivity contribution in [1.29, 1.82) is 0 Å². The van der Waals surface area contributed by atoms with Gasteiger partial charge in [0, 0.05) is 0 Å². The van der Waals surface area contributed by atoms with Crippen LogP contribution in [0.3, 0.4) is 0 Å². The van der Waals surface area contributed by atoms with Gasteiger partial charge in [-0.1, -0.05) is 36.4 Å². The molecular formula is C14H10N2. The van der Waals surface area contributed by atoms with Gasteiger partial charge in [-0.2, -0.15) is 4.79 Å². The topological polar surface area (TPSA) is 36.4 Å². The Morgan fingerprint density at radius 3 is 2.69 bits per heavy atom. The lowest BCUT2D eigenvalue weighted by atomic mass is 10.0. The molecule has 0 N–H and O–H groups in total. The van der Waals surface area contributed by atoms with Crippen molar-refractivity contribution in [2.24, 2.45) is 0 Å². The van der Waals surface area contributed by atoms with Gasteiger partial charge in [0.2, 0.25) is 0 Å². The Hall–Kier alpha value is -2.18. The molecule has 1 aliphatic carbocycles. The highest BCUT2D eigenvalue weighted by molar-refractivity contribution is 5.87. The first-order valence-electron chi connectivity index (χ1n) is 5.28. The van der Waals surface area contributed by atoms with E-state index in [0.29, 0.717) is 0 Å². The van der Waals surface area contributed by atoms with E-state index in [9.17, 15) is 0 Å². The minimum absolute atomic E-state index is 0.924. The number of fused-ring (bicyclic) bond motifs is 3. The van der Waals surface area contributed by atoms with Crippen LogP contribution in [0.4, 0.5) is 0 Å². The van der Waals surface area contributed by atoms with Crippen LogP contribution in [0.5, 0.6) is 0 Å². The molecule has 0 saturated heterocycles. The summed E-state index contributed by atoms with van der Waals surface area (Å²) >= 11 is 0. The van der Waals surface area contributed by atoms with E-state index in [1.807, 2.05) is 12.1 Å². The van der Waals surface area contributed by atoms with Gasteiger partial charge in [-0.05, 0) is 34.7 Å². The zero-order valence-electron chi connectivity index (χ0n) is 8.72. The van der Waals surface area contributed by atoms with Crippen molar-refractivity contribution in [3.63, 3.8) is 0 Å². The first-order chi connectivity index (χ1) is 7.90. The predicted octanol–water partition coefficient (Wildman–Crippen LogP) is 2.91. The molecule has 16 heavy (non-hydrogen) atoms. The lowest BCUT2D eigenvalue weighted by molar-refractivity contribution is 0.00452. The Kier molecular flexibility index (Phi) is 1.95. The largest absolute Gasteiger partial charge is 0.361 e. The molecule has 2 aromatic rings. The predicted molar refractivity (Wildman–Crippen MR) is 63.5 cm³/mol. The third-order valence-corrected chi connectivity index (χ3v) is 3.08. The van der Waals surface area contributed by atoms with Gasteiger partial charge in [0.1, 0.15) is 0 Å². The molecule has 1 aliphatic rings. The molecule has 0 heterocycles. The van der Waals surface area contributed by atoms with Gasteiger partial charge in [0.25, 0.3) is 6.21 Å². The second-order valence-corrected chi connectivity index (χ2v) is 3.95. The average molecular weight is 206 g/mol. The molecule has 2 nitrogen and oxygen atoms in total. The molecule has 76 valence electrons. The van der Waals surface area contributed by atoms with Crippen LogP contribution < -0.4 is 0 Å². The highest BCUT2D eigenvalue weighted by Crippen LogP contribution is 2.37. The Bertz CT molecular complexity index is 608. The van der Waals surface area contributed by atoms with Gasteiger partial charge in [-0.3, -0.25) is 0 Å². The minimum Gasteiger partial charge on any atom is -0.361 e. The highest BCUT2D eigenvalue weighted by atomic mass is 14.8. The molecule has 0 aromatic heterocycles. The van der Waals surface area contributed by atoms with Crippen LogP contribution in [0.2, 0.25) is 0 Å². The van der Waals surface area contributed by atoms with Crippen LogP contribution in [-0.2, 0) is 6.42 Å². The fraction of sp³-hybridized carbons (Fsp3) is 0.0714. The third-order valence-electron chi connectivity index (χ3n) is 3.08. The lowest BCUT2D eigenvalue weighted by Crippen LogP contribution is -1.91. The van der Waals surface area contributed by atoms with Gasteiger partial charge < -0.3 is 5.53 Å². The summed E-state index contributed by atoms with van der Waals surface area (Å²) in [6.45, 7) is 0. The molecule has 0 atom stereocenters. The second-order valence-electron chi connectivity index (χ2n) is 3.95. The zero-order chi connectivity index (χ0) is 11.0. The number of rotatable bonds is 1. The van der Waals surface area contributed by atoms with Crippen molar-refractivity contribution >= 4 is 6.21 Å². The van der Waals surface area contributed by atoms with Crippen LogP contribution >= 0.6 is 0 Å². The second kappa shape index (κ2) is 3.44. The van der Waals surface area contributed by atoms with Crippen molar-refractivity contribution in [3.05, 3.63) is 64.7 Å². The lowest BCUT2D eigenvalue weighted by Gasteiger charge is -2.00. The van der Waals surface area contributed by atoms with E-state index in [4.69, 9.17) is 5.53 Å². The maximum Gasteiger partial charge on any atom is 0.288 e. The summed E-state index contributed by atoms with van der Waals surface area (Å²) in [5.41, 5.74) is 14.8. The molecule has 0 bridgehead atoms. The number of hydrogen-bond donors (Lipinski definition) is 0. The number of hydrogen-bond acceptors (Lipinski definition) is 0. The highest BCUT2D eigenvalue weighted by Gasteiger charge is 2.20. The monoisotopic (exact) mass is 206 g/mol. The zero-order valence-corrected chi connectivity index (χ0v) is 8.72. The first kappa shape index (κ1) is 9.08. The maximum atomic E-state index is 8.64. The van der Waals surface area contributed by atoms with E-state index < -0.39 is 0 Å². The summed E-state index contributed by atoms with van der Waals surface area (Å²) in [7, 11) is 0. The first-order valence-corrected chi connectivity index (χ1v) is 5.28. The van der Waals surface area contributed by atoms with Gasteiger partial charge >= 0.3 is 0 Å². The fourth-order valence-corrected chi connectivity index (χ4v) is 2.37. The standard InChI is InChI=1S/C14H10N2/c15-16-9-11-5-3-7-13-12-6-2-1-4-10(12)8-14(11)13/h1-7,9H,8H2. The van der Waals surface area contributed by atoms with E-state index >= 15 is 0 Å². The van der Waals surface area contributed by atoms with Gasteiger partial charge in [-0.25, -0.2) is 0 Å². The summed E-state index contributed by atoms with van der Waals surface area (Å²) in [4.78, 5) is 3.12. The number of nitrogens with zero attached hydrogens (tertiary/aromatic N) is 2. The van der Waals surface area contributed by atoms with E-state index in [0.717, 1.165) is 12.0 Å². The summed E-state index contributed by atoms with van der Waals surface area (Å²) in [6.07, 6.45) is 2.43. The van der Waals surface area contributed by atoms with Crippen molar-refractivity contribution in [1.82, 2.24) is 0 Å². The average Bonchev–Trinajstić information content (AvgIpc) is 2.69. The molecule has 0 aliphatic heterocycles. The molecular weight excluding hydrogens is 196 g/mol. The summed E-state index contributed by atoms with van der Waals surface area (Å²) in [6, 6.07) is 14.5. The fourth-order valence-electron chi connectivity index (χ4n) is 2.37. The van der Waals surface area contributed by atoms with Crippen LogP contribution in [0.15, 0.2) is 42.5 Å².